The Morgan fingerprint density at radius 1 is 1.10 bits per heavy atom. The summed E-state index contributed by atoms with van der Waals surface area (Å²) in [7, 11) is 1.88. The smallest absolute Gasteiger partial charge is 0.131 e. The highest BCUT2D eigenvalue weighted by Gasteiger charge is 2.13. The highest BCUT2D eigenvalue weighted by molar-refractivity contribution is 7.99. The molecule has 0 atom stereocenters. The van der Waals surface area contributed by atoms with E-state index >= 15 is 0 Å². The third-order valence-corrected chi connectivity index (χ3v) is 4.19. The molecule has 1 N–H and O–H groups in total. The van der Waals surface area contributed by atoms with Crippen LogP contribution in [0, 0.1) is 0 Å². The van der Waals surface area contributed by atoms with Gasteiger partial charge in [0.25, 0.3) is 0 Å². The highest BCUT2D eigenvalue weighted by Crippen LogP contribution is 2.30. The van der Waals surface area contributed by atoms with Gasteiger partial charge in [-0.15, -0.1) is 0 Å². The average Bonchev–Trinajstić information content (AvgIpc) is 2.46. The Bertz CT molecular complexity index is 578. The van der Waals surface area contributed by atoms with Crippen molar-refractivity contribution in [2.24, 2.45) is 0 Å². The van der Waals surface area contributed by atoms with Crippen LogP contribution in [0.3, 0.4) is 0 Å². The molecule has 1 aromatic carbocycles. The first-order chi connectivity index (χ1) is 9.92. The maximum atomic E-state index is 4.58. The molecule has 0 saturated heterocycles. The second kappa shape index (κ2) is 6.48. The first-order valence-electron chi connectivity index (χ1n) is 7.26. The average molecular weight is 301 g/mol. The van der Waals surface area contributed by atoms with E-state index in [1.807, 2.05) is 13.1 Å². The lowest BCUT2D eigenvalue weighted by molar-refractivity contribution is 0.590. The van der Waals surface area contributed by atoms with Crippen LogP contribution in [0.1, 0.15) is 39.1 Å². The summed E-state index contributed by atoms with van der Waals surface area (Å²) in [6.45, 7) is 8.76. The van der Waals surface area contributed by atoms with Gasteiger partial charge in [-0.05, 0) is 23.1 Å². The van der Waals surface area contributed by atoms with Crippen molar-refractivity contribution >= 4 is 17.6 Å². The first-order valence-corrected chi connectivity index (χ1v) is 8.08. The van der Waals surface area contributed by atoms with E-state index in [9.17, 15) is 0 Å². The lowest BCUT2D eigenvalue weighted by atomic mass is 9.87. The van der Waals surface area contributed by atoms with E-state index in [0.29, 0.717) is 0 Å². The van der Waals surface area contributed by atoms with Gasteiger partial charge in [-0.1, -0.05) is 51.6 Å². The molecule has 1 heterocycles. The van der Waals surface area contributed by atoms with Gasteiger partial charge in [0.05, 0.1) is 0 Å². The molecule has 0 aliphatic heterocycles. The van der Waals surface area contributed by atoms with E-state index in [4.69, 9.17) is 0 Å². The number of aromatic nitrogens is 2. The summed E-state index contributed by atoms with van der Waals surface area (Å²) in [4.78, 5) is 10.2. The Hall–Kier alpha value is -1.55. The van der Waals surface area contributed by atoms with Crippen molar-refractivity contribution in [1.29, 1.82) is 0 Å². The SMILES string of the molecule is CCc1nc(NC)cc(Sc2ccc(C(C)(C)C)cc2)n1. The molecule has 112 valence electrons. The number of nitrogens with zero attached hydrogens (tertiary/aromatic N) is 2. The molecule has 0 fully saturated rings. The molecule has 3 nitrogen and oxygen atoms in total. The normalized spacial score (nSPS) is 11.5. The lowest BCUT2D eigenvalue weighted by Crippen LogP contribution is -2.10. The molecular formula is C17H23N3S. The van der Waals surface area contributed by atoms with Crippen molar-refractivity contribution in [2.75, 3.05) is 12.4 Å². The van der Waals surface area contributed by atoms with E-state index in [-0.39, 0.29) is 5.41 Å². The molecule has 0 aliphatic rings. The molecule has 0 unspecified atom stereocenters. The summed E-state index contributed by atoms with van der Waals surface area (Å²) >= 11 is 1.67. The number of hydrogen-bond acceptors (Lipinski definition) is 4. The minimum Gasteiger partial charge on any atom is -0.373 e. The monoisotopic (exact) mass is 301 g/mol. The second-order valence-corrected chi connectivity index (χ2v) is 7.08. The van der Waals surface area contributed by atoms with E-state index in [2.05, 4.69) is 67.2 Å². The third kappa shape index (κ3) is 4.21. The molecule has 0 amide bonds. The molecule has 1 aromatic heterocycles. The molecule has 0 spiro atoms. The molecule has 0 aliphatic carbocycles. The zero-order valence-electron chi connectivity index (χ0n) is 13.4. The standard InChI is InChI=1S/C17H23N3S/c1-6-14-19-15(18-5)11-16(20-14)21-13-9-7-12(8-10-13)17(2,3)4/h7-11H,6H2,1-5H3,(H,18,19,20). The van der Waals surface area contributed by atoms with Crippen molar-refractivity contribution in [2.45, 2.75) is 49.5 Å². The van der Waals surface area contributed by atoms with Crippen molar-refractivity contribution < 1.29 is 0 Å². The molecule has 2 aromatic rings. The largest absolute Gasteiger partial charge is 0.373 e. The van der Waals surface area contributed by atoms with Crippen LogP contribution in [-0.4, -0.2) is 17.0 Å². The summed E-state index contributed by atoms with van der Waals surface area (Å²) in [6.07, 6.45) is 0.839. The van der Waals surface area contributed by atoms with Crippen LogP contribution in [0.2, 0.25) is 0 Å². The summed E-state index contributed by atoms with van der Waals surface area (Å²) in [6, 6.07) is 10.7. The van der Waals surface area contributed by atoms with Crippen molar-refractivity contribution in [3.05, 3.63) is 41.7 Å². The minimum absolute atomic E-state index is 0.187. The fourth-order valence-electron chi connectivity index (χ4n) is 1.95. The second-order valence-electron chi connectivity index (χ2n) is 5.99. The Balaban J connectivity index is 2.22. The van der Waals surface area contributed by atoms with E-state index in [1.54, 1.807) is 11.8 Å². The summed E-state index contributed by atoms with van der Waals surface area (Å²) in [5.41, 5.74) is 1.53. The fraction of sp³-hybridized carbons (Fsp3) is 0.412. The predicted octanol–water partition coefficient (Wildman–Crippen LogP) is 4.53. The van der Waals surface area contributed by atoms with Crippen molar-refractivity contribution in [3.63, 3.8) is 0 Å². The maximum Gasteiger partial charge on any atom is 0.131 e. The lowest BCUT2D eigenvalue weighted by Gasteiger charge is -2.19. The number of benzene rings is 1. The highest BCUT2D eigenvalue weighted by atomic mass is 32.2. The summed E-state index contributed by atoms with van der Waals surface area (Å²) in [5, 5.41) is 4.07. The van der Waals surface area contributed by atoms with Crippen LogP contribution in [0.4, 0.5) is 5.82 Å². The summed E-state index contributed by atoms with van der Waals surface area (Å²) < 4.78 is 0. The van der Waals surface area contributed by atoms with Gasteiger partial charge < -0.3 is 5.32 Å². The Kier molecular flexibility index (Phi) is 4.88. The van der Waals surface area contributed by atoms with Crippen LogP contribution in [0.5, 0.6) is 0 Å². The quantitative estimate of drug-likeness (QED) is 0.842. The van der Waals surface area contributed by atoms with Crippen LogP contribution >= 0.6 is 11.8 Å². The van der Waals surface area contributed by atoms with E-state index in [1.165, 1.54) is 10.5 Å². The molecule has 21 heavy (non-hydrogen) atoms. The third-order valence-electron chi connectivity index (χ3n) is 3.26. The van der Waals surface area contributed by atoms with E-state index < -0.39 is 0 Å². The fourth-order valence-corrected chi connectivity index (χ4v) is 2.79. The van der Waals surface area contributed by atoms with Gasteiger partial charge in [0.2, 0.25) is 0 Å². The maximum absolute atomic E-state index is 4.58. The number of nitrogens with one attached hydrogen (secondary N) is 1. The van der Waals surface area contributed by atoms with Crippen molar-refractivity contribution in [3.8, 4) is 0 Å². The van der Waals surface area contributed by atoms with Crippen LogP contribution in [0.15, 0.2) is 40.3 Å². The number of rotatable bonds is 4. The van der Waals surface area contributed by atoms with Crippen LogP contribution in [0.25, 0.3) is 0 Å². The van der Waals surface area contributed by atoms with Crippen LogP contribution < -0.4 is 5.32 Å². The van der Waals surface area contributed by atoms with Gasteiger partial charge in [-0.2, -0.15) is 0 Å². The van der Waals surface area contributed by atoms with Gasteiger partial charge in [-0.25, -0.2) is 9.97 Å². The predicted molar refractivity (Wildman–Crippen MR) is 90.2 cm³/mol. The van der Waals surface area contributed by atoms with Gasteiger partial charge in [0.15, 0.2) is 0 Å². The topological polar surface area (TPSA) is 37.8 Å². The Morgan fingerprint density at radius 2 is 1.76 bits per heavy atom. The van der Waals surface area contributed by atoms with Crippen LogP contribution in [-0.2, 0) is 11.8 Å². The number of hydrogen-bond donors (Lipinski definition) is 1. The molecule has 4 heteroatoms. The Morgan fingerprint density at radius 3 is 2.29 bits per heavy atom. The zero-order chi connectivity index (χ0) is 15.5. The number of aryl methyl sites for hydroxylation is 1. The summed E-state index contributed by atoms with van der Waals surface area (Å²) in [5.74, 6) is 1.74. The molecular weight excluding hydrogens is 278 g/mol. The van der Waals surface area contributed by atoms with Gasteiger partial charge in [0, 0.05) is 24.4 Å². The minimum atomic E-state index is 0.187. The molecule has 2 rings (SSSR count). The number of anilines is 1. The molecule has 0 bridgehead atoms. The van der Waals surface area contributed by atoms with Gasteiger partial charge >= 0.3 is 0 Å². The van der Waals surface area contributed by atoms with Crippen molar-refractivity contribution in [1.82, 2.24) is 9.97 Å². The first kappa shape index (κ1) is 15.8. The zero-order valence-corrected chi connectivity index (χ0v) is 14.2. The van der Waals surface area contributed by atoms with E-state index in [0.717, 1.165) is 23.1 Å². The molecule has 0 saturated carbocycles. The molecule has 0 radical (unpaired) electrons. The van der Waals surface area contributed by atoms with Gasteiger partial charge in [-0.3, -0.25) is 0 Å². The Labute approximate surface area is 131 Å². The van der Waals surface area contributed by atoms with Gasteiger partial charge in [0.1, 0.15) is 16.7 Å².